The molecule has 0 saturated carbocycles. The van der Waals surface area contributed by atoms with Gasteiger partial charge in [0.2, 0.25) is 0 Å². The van der Waals surface area contributed by atoms with Gasteiger partial charge in [0.15, 0.2) is 9.76 Å². The molecule has 0 heterocycles. The Morgan fingerprint density at radius 1 is 0.955 bits per heavy atom. The van der Waals surface area contributed by atoms with Crippen molar-refractivity contribution in [3.8, 4) is 0 Å². The van der Waals surface area contributed by atoms with Crippen molar-refractivity contribution in [3.63, 3.8) is 0 Å². The highest BCUT2D eigenvalue weighted by Crippen LogP contribution is 2.17. The van der Waals surface area contributed by atoms with Crippen LogP contribution in [0.2, 0.25) is 6.04 Å². The first-order valence-electron chi connectivity index (χ1n) is 7.35. The Hall–Kier alpha value is -0.893. The highest BCUT2D eigenvalue weighted by atomic mass is 28.2. The van der Waals surface area contributed by atoms with E-state index in [1.807, 2.05) is 27.7 Å². The number of rotatable bonds is 9. The lowest BCUT2D eigenvalue weighted by Gasteiger charge is -2.23. The van der Waals surface area contributed by atoms with Gasteiger partial charge in [0.05, 0.1) is 12.2 Å². The third kappa shape index (κ3) is 6.91. The van der Waals surface area contributed by atoms with E-state index in [0.717, 1.165) is 0 Å². The van der Waals surface area contributed by atoms with Crippen LogP contribution in [0.5, 0.6) is 0 Å². The Morgan fingerprint density at radius 2 is 1.45 bits per heavy atom. The third-order valence-electron chi connectivity index (χ3n) is 2.70. The number of ether oxygens (including phenoxy) is 2. The van der Waals surface area contributed by atoms with Crippen molar-refractivity contribution in [1.82, 2.24) is 0 Å². The number of hydrogen-bond donors (Lipinski definition) is 0. The zero-order valence-electron chi connectivity index (χ0n) is 13.4. The summed E-state index contributed by atoms with van der Waals surface area (Å²) < 4.78 is 56.3. The summed E-state index contributed by atoms with van der Waals surface area (Å²) in [5, 5.41) is 0. The Kier molecular flexibility index (Phi) is 8.09. The van der Waals surface area contributed by atoms with Crippen molar-refractivity contribution in [3.05, 3.63) is 35.1 Å². The highest BCUT2D eigenvalue weighted by Gasteiger charge is 2.15. The van der Waals surface area contributed by atoms with E-state index in [1.165, 1.54) is 0 Å². The summed E-state index contributed by atoms with van der Waals surface area (Å²) in [6.07, 6.45) is 0.0646. The largest absolute Gasteiger partial charge is 0.379 e. The molecule has 0 bridgehead atoms. The molecule has 0 aromatic heterocycles. The molecule has 0 aliphatic carbocycles. The minimum absolute atomic E-state index is 0.0512. The van der Waals surface area contributed by atoms with Crippen molar-refractivity contribution < 1.29 is 27.1 Å². The van der Waals surface area contributed by atoms with Gasteiger partial charge < -0.3 is 13.9 Å². The van der Waals surface area contributed by atoms with E-state index in [9.17, 15) is 13.2 Å². The van der Waals surface area contributed by atoms with Gasteiger partial charge in [-0.05, 0) is 40.2 Å². The smallest absolute Gasteiger partial charge is 0.262 e. The summed E-state index contributed by atoms with van der Waals surface area (Å²) in [7, 11) is -1.08. The summed E-state index contributed by atoms with van der Waals surface area (Å²) in [5.41, 5.74) is -0.108. The third-order valence-corrected chi connectivity index (χ3v) is 3.85. The second-order valence-electron chi connectivity index (χ2n) is 5.48. The van der Waals surface area contributed by atoms with Gasteiger partial charge in [-0.3, -0.25) is 0 Å². The van der Waals surface area contributed by atoms with Crippen LogP contribution in [0.3, 0.4) is 0 Å². The molecule has 1 aromatic carbocycles. The standard InChI is InChI=1S/C15H23F3O3Si/c1-9(2)19-15(20-10(3)4)21-22-6-5-12-13(17)7-11(16)8-14(12)18/h7-10,15H,5-6,22H2,1-4H3. The Morgan fingerprint density at radius 3 is 1.91 bits per heavy atom. The fraction of sp³-hybridized carbons (Fsp3) is 0.600. The van der Waals surface area contributed by atoms with Gasteiger partial charge in [0, 0.05) is 17.7 Å². The molecule has 3 nitrogen and oxygen atoms in total. The second-order valence-corrected chi connectivity index (χ2v) is 6.93. The van der Waals surface area contributed by atoms with Crippen LogP contribution in [0, 0.1) is 17.5 Å². The van der Waals surface area contributed by atoms with E-state index in [-0.39, 0.29) is 24.2 Å². The molecule has 126 valence electrons. The number of benzene rings is 1. The first kappa shape index (κ1) is 19.2. The van der Waals surface area contributed by atoms with Gasteiger partial charge in [-0.2, -0.15) is 0 Å². The van der Waals surface area contributed by atoms with E-state index < -0.39 is 33.7 Å². The maximum atomic E-state index is 13.5. The first-order chi connectivity index (χ1) is 10.3. The maximum Gasteiger partial charge on any atom is 0.262 e. The molecule has 22 heavy (non-hydrogen) atoms. The molecule has 0 aliphatic heterocycles. The summed E-state index contributed by atoms with van der Waals surface area (Å²) in [6.45, 7) is 6.71. The van der Waals surface area contributed by atoms with Gasteiger partial charge >= 0.3 is 0 Å². The van der Waals surface area contributed by atoms with E-state index in [4.69, 9.17) is 13.9 Å². The van der Waals surface area contributed by atoms with E-state index in [2.05, 4.69) is 0 Å². The van der Waals surface area contributed by atoms with E-state index in [0.29, 0.717) is 18.2 Å². The van der Waals surface area contributed by atoms with Crippen LogP contribution in [0.15, 0.2) is 12.1 Å². The highest BCUT2D eigenvalue weighted by molar-refractivity contribution is 6.27. The molecule has 0 saturated heterocycles. The fourth-order valence-electron chi connectivity index (χ4n) is 1.79. The summed E-state index contributed by atoms with van der Waals surface area (Å²) >= 11 is 0. The van der Waals surface area contributed by atoms with Gasteiger partial charge in [-0.25, -0.2) is 13.2 Å². The normalized spacial score (nSPS) is 12.5. The van der Waals surface area contributed by atoms with Crippen molar-refractivity contribution in [2.75, 3.05) is 0 Å². The van der Waals surface area contributed by atoms with Crippen molar-refractivity contribution in [2.45, 2.75) is 58.8 Å². The summed E-state index contributed by atoms with van der Waals surface area (Å²) in [4.78, 5) is 0. The van der Waals surface area contributed by atoms with Gasteiger partial charge in [0.25, 0.3) is 6.48 Å². The van der Waals surface area contributed by atoms with Crippen LogP contribution in [-0.4, -0.2) is 28.4 Å². The van der Waals surface area contributed by atoms with Crippen molar-refractivity contribution in [1.29, 1.82) is 0 Å². The quantitative estimate of drug-likeness (QED) is 0.393. The van der Waals surface area contributed by atoms with E-state index in [1.54, 1.807) is 0 Å². The molecular formula is C15H23F3O3Si. The zero-order valence-corrected chi connectivity index (χ0v) is 14.8. The fourth-order valence-corrected chi connectivity index (χ4v) is 2.81. The molecule has 0 atom stereocenters. The second kappa shape index (κ2) is 9.29. The molecule has 0 amide bonds. The number of halogens is 3. The molecule has 1 aromatic rings. The van der Waals surface area contributed by atoms with Crippen LogP contribution in [0.25, 0.3) is 0 Å². The summed E-state index contributed by atoms with van der Waals surface area (Å²) in [6, 6.07) is 1.87. The van der Waals surface area contributed by atoms with Gasteiger partial charge in [-0.15, -0.1) is 0 Å². The lowest BCUT2D eigenvalue weighted by molar-refractivity contribution is -0.275. The average Bonchev–Trinajstić information content (AvgIpc) is 2.34. The molecule has 7 heteroatoms. The minimum atomic E-state index is -1.08. The molecule has 0 fully saturated rings. The monoisotopic (exact) mass is 336 g/mol. The van der Waals surface area contributed by atoms with Crippen molar-refractivity contribution >= 4 is 9.76 Å². The lowest BCUT2D eigenvalue weighted by atomic mass is 10.1. The molecular weight excluding hydrogens is 313 g/mol. The first-order valence-corrected chi connectivity index (χ1v) is 8.93. The molecule has 1 rings (SSSR count). The molecule has 0 radical (unpaired) electrons. The van der Waals surface area contributed by atoms with Gasteiger partial charge in [0.1, 0.15) is 17.5 Å². The maximum absolute atomic E-state index is 13.5. The van der Waals surface area contributed by atoms with Crippen LogP contribution in [-0.2, 0) is 20.3 Å². The molecule has 0 unspecified atom stereocenters. The Labute approximate surface area is 131 Å². The minimum Gasteiger partial charge on any atom is -0.379 e. The average molecular weight is 336 g/mol. The molecule has 0 spiro atoms. The summed E-state index contributed by atoms with van der Waals surface area (Å²) in [5.74, 6) is -2.64. The van der Waals surface area contributed by atoms with Crippen LogP contribution >= 0.6 is 0 Å². The van der Waals surface area contributed by atoms with Gasteiger partial charge in [-0.1, -0.05) is 0 Å². The Balaban J connectivity index is 2.46. The van der Waals surface area contributed by atoms with Crippen molar-refractivity contribution in [2.24, 2.45) is 0 Å². The van der Waals surface area contributed by atoms with Crippen LogP contribution < -0.4 is 0 Å². The predicted octanol–water partition coefficient (Wildman–Crippen LogP) is 3.30. The van der Waals surface area contributed by atoms with Crippen LogP contribution in [0.1, 0.15) is 33.3 Å². The van der Waals surface area contributed by atoms with Crippen LogP contribution in [0.4, 0.5) is 13.2 Å². The zero-order chi connectivity index (χ0) is 16.7. The topological polar surface area (TPSA) is 27.7 Å². The Bertz CT molecular complexity index is 436. The lowest BCUT2D eigenvalue weighted by Crippen LogP contribution is -2.28. The number of hydrogen-bond acceptors (Lipinski definition) is 3. The SMILES string of the molecule is CC(C)OC(O[SiH2]CCc1c(F)cc(F)cc1F)OC(C)C. The molecule has 0 N–H and O–H groups in total. The predicted molar refractivity (Wildman–Crippen MR) is 80.7 cm³/mol. The molecule has 0 aliphatic rings. The van der Waals surface area contributed by atoms with E-state index >= 15 is 0 Å².